The molecule has 0 bridgehead atoms. The van der Waals surface area contributed by atoms with Gasteiger partial charge >= 0.3 is 5.97 Å². The van der Waals surface area contributed by atoms with Gasteiger partial charge in [-0.05, 0) is 43.9 Å². The van der Waals surface area contributed by atoms with Crippen molar-refractivity contribution in [3.63, 3.8) is 0 Å². The third-order valence-corrected chi connectivity index (χ3v) is 4.28. The van der Waals surface area contributed by atoms with Crippen LogP contribution < -0.4 is 0 Å². The van der Waals surface area contributed by atoms with Crippen molar-refractivity contribution in [3.8, 4) is 5.75 Å². The van der Waals surface area contributed by atoms with E-state index in [1.807, 2.05) is 13.0 Å². The molecule has 0 saturated heterocycles. The van der Waals surface area contributed by atoms with Crippen molar-refractivity contribution in [2.45, 2.75) is 51.7 Å². The number of phenolic OH excluding ortho intramolecular Hbond substituents is 1. The maximum Gasteiger partial charge on any atom is 0.335 e. The number of esters is 1. The first-order valence-electron chi connectivity index (χ1n) is 9.17. The van der Waals surface area contributed by atoms with Gasteiger partial charge in [-0.2, -0.15) is 0 Å². The lowest BCUT2D eigenvalue weighted by atomic mass is 9.90. The number of halogens is 1. The lowest BCUT2D eigenvalue weighted by Crippen LogP contribution is -2.37. The number of aliphatic hydroxyl groups excluding tert-OH is 2. The van der Waals surface area contributed by atoms with Gasteiger partial charge in [-0.15, -0.1) is 6.58 Å². The van der Waals surface area contributed by atoms with Crippen molar-refractivity contribution < 1.29 is 29.2 Å². The third kappa shape index (κ3) is 7.15. The summed E-state index contributed by atoms with van der Waals surface area (Å²) in [6.45, 7) is 7.38. The Kier molecular flexibility index (Phi) is 9.75. The molecule has 1 rings (SSSR count). The predicted octanol–water partition coefficient (Wildman–Crippen LogP) is 3.58. The number of carbonyl (C=O) groups is 1. The van der Waals surface area contributed by atoms with Crippen molar-refractivity contribution in [1.29, 1.82) is 0 Å². The normalized spacial score (nSPS) is 15.1. The number of hydrogen-bond acceptors (Lipinski definition) is 5. The zero-order chi connectivity index (χ0) is 20.4. The van der Waals surface area contributed by atoms with E-state index in [-0.39, 0.29) is 6.61 Å². The van der Waals surface area contributed by atoms with Crippen LogP contribution in [0.25, 0.3) is 6.08 Å². The first-order chi connectivity index (χ1) is 12.8. The second-order valence-corrected chi connectivity index (χ2v) is 6.38. The van der Waals surface area contributed by atoms with Crippen LogP contribution in [0.5, 0.6) is 5.75 Å². The standard InChI is InChI=1S/C21H29FO5/c1-4-7-14(12-15-9-11-19(24)17(22)13-15)8-10-18(23)16(5-2)20(25)21(26)27-6-3/h5,9,11-13,16,18,20,23-25H,2,4,6-8,10H2,1,3H3/b14-12+/t16-,18-,20+/m1/s1. The van der Waals surface area contributed by atoms with Crippen LogP contribution in [0.3, 0.4) is 0 Å². The van der Waals surface area contributed by atoms with Gasteiger partial charge in [0.1, 0.15) is 0 Å². The molecule has 0 saturated carbocycles. The molecule has 0 spiro atoms. The summed E-state index contributed by atoms with van der Waals surface area (Å²) in [6, 6.07) is 4.16. The Morgan fingerprint density at radius 2 is 2.00 bits per heavy atom. The fourth-order valence-electron chi connectivity index (χ4n) is 2.85. The number of aliphatic hydroxyl groups is 2. The second kappa shape index (κ2) is 11.5. The van der Waals surface area contributed by atoms with E-state index in [1.165, 1.54) is 18.2 Å². The number of hydrogen-bond donors (Lipinski definition) is 3. The fourth-order valence-corrected chi connectivity index (χ4v) is 2.85. The highest BCUT2D eigenvalue weighted by molar-refractivity contribution is 5.75. The Morgan fingerprint density at radius 1 is 1.30 bits per heavy atom. The molecular weight excluding hydrogens is 351 g/mol. The van der Waals surface area contributed by atoms with Gasteiger partial charge < -0.3 is 20.1 Å². The van der Waals surface area contributed by atoms with Crippen LogP contribution >= 0.6 is 0 Å². The van der Waals surface area contributed by atoms with E-state index in [0.29, 0.717) is 18.4 Å². The van der Waals surface area contributed by atoms with Crippen LogP contribution in [-0.4, -0.2) is 40.1 Å². The van der Waals surface area contributed by atoms with E-state index in [4.69, 9.17) is 4.74 Å². The summed E-state index contributed by atoms with van der Waals surface area (Å²) in [5, 5.41) is 29.7. The highest BCUT2D eigenvalue weighted by atomic mass is 19.1. The molecule has 0 radical (unpaired) electrons. The number of ether oxygens (including phenoxy) is 1. The van der Waals surface area contributed by atoms with Crippen molar-refractivity contribution >= 4 is 12.0 Å². The summed E-state index contributed by atoms with van der Waals surface area (Å²) in [5.41, 5.74) is 1.62. The van der Waals surface area contributed by atoms with Crippen LogP contribution in [0.15, 0.2) is 36.4 Å². The first kappa shape index (κ1) is 22.9. The third-order valence-electron chi connectivity index (χ3n) is 4.28. The van der Waals surface area contributed by atoms with Crippen LogP contribution in [0, 0.1) is 11.7 Å². The number of aromatic hydroxyl groups is 1. The maximum atomic E-state index is 13.5. The molecule has 0 aliphatic heterocycles. The van der Waals surface area contributed by atoms with Gasteiger partial charge in [-0.25, -0.2) is 9.18 Å². The molecule has 1 aromatic rings. The molecule has 27 heavy (non-hydrogen) atoms. The van der Waals surface area contributed by atoms with Crippen molar-refractivity contribution in [2.75, 3.05) is 6.61 Å². The van der Waals surface area contributed by atoms with E-state index in [9.17, 15) is 24.5 Å². The Labute approximate surface area is 159 Å². The van der Waals surface area contributed by atoms with Gasteiger partial charge in [0.15, 0.2) is 17.7 Å². The monoisotopic (exact) mass is 380 g/mol. The predicted molar refractivity (Wildman–Crippen MR) is 103 cm³/mol. The minimum absolute atomic E-state index is 0.141. The van der Waals surface area contributed by atoms with Gasteiger partial charge in [0.2, 0.25) is 0 Å². The molecule has 0 fully saturated rings. The molecule has 0 unspecified atom stereocenters. The largest absolute Gasteiger partial charge is 0.505 e. The highest BCUT2D eigenvalue weighted by Crippen LogP contribution is 2.24. The lowest BCUT2D eigenvalue weighted by Gasteiger charge is -2.24. The first-order valence-corrected chi connectivity index (χ1v) is 9.17. The molecule has 0 aromatic heterocycles. The summed E-state index contributed by atoms with van der Waals surface area (Å²) >= 11 is 0. The molecule has 6 heteroatoms. The molecule has 150 valence electrons. The van der Waals surface area contributed by atoms with E-state index in [1.54, 1.807) is 13.0 Å². The van der Waals surface area contributed by atoms with E-state index in [0.717, 1.165) is 18.4 Å². The highest BCUT2D eigenvalue weighted by Gasteiger charge is 2.30. The Balaban J connectivity index is 2.82. The summed E-state index contributed by atoms with van der Waals surface area (Å²) in [4.78, 5) is 11.7. The fraction of sp³-hybridized carbons (Fsp3) is 0.476. The van der Waals surface area contributed by atoms with Crippen LogP contribution in [0.1, 0.15) is 45.1 Å². The molecule has 3 atom stereocenters. The quantitative estimate of drug-likeness (QED) is 0.403. The molecule has 0 aliphatic rings. The number of phenols is 1. The SMILES string of the molecule is C=C[C@H]([C@H](O)CC/C(=C/c1ccc(O)c(F)c1)CCC)[C@H](O)C(=O)OCC. The summed E-state index contributed by atoms with van der Waals surface area (Å²) in [7, 11) is 0. The summed E-state index contributed by atoms with van der Waals surface area (Å²) < 4.78 is 18.3. The number of rotatable bonds is 11. The zero-order valence-electron chi connectivity index (χ0n) is 15.9. The van der Waals surface area contributed by atoms with Crippen molar-refractivity contribution in [3.05, 3.63) is 47.8 Å². The summed E-state index contributed by atoms with van der Waals surface area (Å²) in [5.74, 6) is -2.71. The van der Waals surface area contributed by atoms with Gasteiger partial charge in [0, 0.05) is 5.92 Å². The number of allylic oxidation sites excluding steroid dienone is 1. The molecule has 0 aliphatic carbocycles. The van der Waals surface area contributed by atoms with Gasteiger partial charge in [-0.3, -0.25) is 0 Å². The van der Waals surface area contributed by atoms with Crippen LogP contribution in [-0.2, 0) is 9.53 Å². The Bertz CT molecular complexity index is 656. The maximum absolute atomic E-state index is 13.5. The molecule has 5 nitrogen and oxygen atoms in total. The van der Waals surface area contributed by atoms with E-state index in [2.05, 4.69) is 6.58 Å². The van der Waals surface area contributed by atoms with Crippen LogP contribution in [0.2, 0.25) is 0 Å². The minimum atomic E-state index is -1.47. The van der Waals surface area contributed by atoms with Gasteiger partial charge in [0.25, 0.3) is 0 Å². The average Bonchev–Trinajstić information content (AvgIpc) is 2.63. The molecule has 0 heterocycles. The number of benzene rings is 1. The van der Waals surface area contributed by atoms with Gasteiger partial charge in [-0.1, -0.05) is 37.1 Å². The van der Waals surface area contributed by atoms with E-state index >= 15 is 0 Å². The number of carbonyl (C=O) groups excluding carboxylic acids is 1. The Morgan fingerprint density at radius 3 is 2.56 bits per heavy atom. The van der Waals surface area contributed by atoms with Crippen molar-refractivity contribution in [1.82, 2.24) is 0 Å². The molecular formula is C21H29FO5. The Hall–Kier alpha value is -2.18. The zero-order valence-corrected chi connectivity index (χ0v) is 15.9. The van der Waals surface area contributed by atoms with Crippen molar-refractivity contribution in [2.24, 2.45) is 5.92 Å². The molecule has 0 amide bonds. The lowest BCUT2D eigenvalue weighted by molar-refractivity contribution is -0.157. The van der Waals surface area contributed by atoms with E-state index < -0.39 is 35.7 Å². The summed E-state index contributed by atoms with van der Waals surface area (Å²) in [6.07, 6.45) is 3.18. The van der Waals surface area contributed by atoms with Crippen LogP contribution in [0.4, 0.5) is 4.39 Å². The van der Waals surface area contributed by atoms with Gasteiger partial charge in [0.05, 0.1) is 12.7 Å². The molecule has 3 N–H and O–H groups in total. The second-order valence-electron chi connectivity index (χ2n) is 6.38. The average molecular weight is 380 g/mol. The molecule has 1 aromatic carbocycles. The smallest absolute Gasteiger partial charge is 0.335 e. The topological polar surface area (TPSA) is 87.0 Å². The minimum Gasteiger partial charge on any atom is -0.505 e.